The Labute approximate surface area is 191 Å². The fraction of sp³-hybridized carbons (Fsp3) is 0.360. The molecule has 1 aromatic carbocycles. The van der Waals surface area contributed by atoms with Gasteiger partial charge in [-0.2, -0.15) is 0 Å². The number of hydrogen-bond acceptors (Lipinski definition) is 5. The fourth-order valence-corrected chi connectivity index (χ4v) is 4.75. The Morgan fingerprint density at radius 2 is 2.12 bits per heavy atom. The number of anilines is 1. The molecule has 4 heterocycles. The third kappa shape index (κ3) is 4.08. The summed E-state index contributed by atoms with van der Waals surface area (Å²) in [4.78, 5) is 40.2. The van der Waals surface area contributed by atoms with Gasteiger partial charge < -0.3 is 15.2 Å². The summed E-state index contributed by atoms with van der Waals surface area (Å²) >= 11 is 0. The lowest BCUT2D eigenvalue weighted by molar-refractivity contribution is -0.125. The number of para-hydroxylation sites is 1. The van der Waals surface area contributed by atoms with Gasteiger partial charge in [0.05, 0.1) is 5.92 Å². The van der Waals surface area contributed by atoms with Gasteiger partial charge in [-0.1, -0.05) is 18.2 Å². The number of carbonyl (C=O) groups excluding carboxylic acids is 1. The Balaban J connectivity index is 1.27. The first kappa shape index (κ1) is 21.2. The van der Waals surface area contributed by atoms with Crippen LogP contribution in [0.25, 0.3) is 22.1 Å². The maximum absolute atomic E-state index is 13.1. The van der Waals surface area contributed by atoms with E-state index in [1.165, 1.54) is 10.9 Å². The van der Waals surface area contributed by atoms with E-state index in [9.17, 15) is 9.59 Å². The molecule has 0 spiro atoms. The molecule has 1 unspecified atom stereocenters. The van der Waals surface area contributed by atoms with Crippen molar-refractivity contribution < 1.29 is 4.79 Å². The quantitative estimate of drug-likeness (QED) is 0.477. The number of amides is 1. The molecule has 0 aliphatic carbocycles. The Kier molecular flexibility index (Phi) is 5.81. The first-order chi connectivity index (χ1) is 16.2. The molecule has 1 aliphatic heterocycles. The van der Waals surface area contributed by atoms with Crippen molar-refractivity contribution in [1.82, 2.24) is 24.8 Å². The van der Waals surface area contributed by atoms with Crippen molar-refractivity contribution in [1.29, 1.82) is 0 Å². The Hall–Kier alpha value is -3.68. The number of aromatic amines is 1. The number of nitrogens with zero attached hydrogens (tertiary/aromatic N) is 4. The molecule has 1 amide bonds. The topological polar surface area (TPSA) is 95.9 Å². The minimum atomic E-state index is -0.164. The monoisotopic (exact) mass is 444 g/mol. The van der Waals surface area contributed by atoms with Crippen molar-refractivity contribution in [2.24, 2.45) is 5.92 Å². The lowest BCUT2D eigenvalue weighted by Gasteiger charge is -2.32. The molecule has 0 bridgehead atoms. The minimum Gasteiger partial charge on any atom is -0.361 e. The van der Waals surface area contributed by atoms with Crippen LogP contribution in [0.1, 0.15) is 25.3 Å². The molecular formula is C25H28N6O2. The van der Waals surface area contributed by atoms with Gasteiger partial charge >= 0.3 is 0 Å². The average Bonchev–Trinajstić information content (AvgIpc) is 3.27. The van der Waals surface area contributed by atoms with E-state index in [4.69, 9.17) is 0 Å². The predicted octanol–water partition coefficient (Wildman–Crippen LogP) is 2.87. The molecule has 1 aliphatic rings. The molecule has 3 aromatic heterocycles. The van der Waals surface area contributed by atoms with Crippen molar-refractivity contribution >= 4 is 33.8 Å². The Bertz CT molecular complexity index is 1360. The van der Waals surface area contributed by atoms with Gasteiger partial charge in [0, 0.05) is 49.5 Å². The van der Waals surface area contributed by atoms with Gasteiger partial charge in [0.25, 0.3) is 5.56 Å². The first-order valence-corrected chi connectivity index (χ1v) is 11.6. The number of carbonyl (C=O) groups is 1. The summed E-state index contributed by atoms with van der Waals surface area (Å²) in [7, 11) is 0. The molecule has 4 aromatic rings. The summed E-state index contributed by atoms with van der Waals surface area (Å²) in [5.74, 6) is 0.286. The standard InChI is InChI=1S/C25H28N6O2/c1-2-31-22-21(10-5-12-26-22)29-23(25(31)33)30-14-6-7-18(16-30)24(32)27-13-11-17-15-28-20-9-4-3-8-19(17)20/h3-5,8-10,12,15,18,28H,2,6-7,11,13-14,16H2,1H3,(H,27,32). The van der Waals surface area contributed by atoms with E-state index >= 15 is 0 Å². The summed E-state index contributed by atoms with van der Waals surface area (Å²) in [5.41, 5.74) is 3.45. The third-order valence-electron chi connectivity index (χ3n) is 6.46. The molecule has 8 heteroatoms. The van der Waals surface area contributed by atoms with Crippen LogP contribution >= 0.6 is 0 Å². The number of pyridine rings is 1. The number of H-pyrrole nitrogens is 1. The normalized spacial score (nSPS) is 16.4. The molecule has 8 nitrogen and oxygen atoms in total. The number of benzene rings is 1. The zero-order valence-electron chi connectivity index (χ0n) is 18.8. The van der Waals surface area contributed by atoms with Crippen LogP contribution in [0.2, 0.25) is 0 Å². The molecular weight excluding hydrogens is 416 g/mol. The summed E-state index contributed by atoms with van der Waals surface area (Å²) in [6, 6.07) is 11.9. The Morgan fingerprint density at radius 3 is 3.00 bits per heavy atom. The van der Waals surface area contributed by atoms with Gasteiger partial charge in [0.2, 0.25) is 5.91 Å². The lowest BCUT2D eigenvalue weighted by Crippen LogP contribution is -2.46. The zero-order valence-corrected chi connectivity index (χ0v) is 18.8. The third-order valence-corrected chi connectivity index (χ3v) is 6.46. The van der Waals surface area contributed by atoms with Gasteiger partial charge in [-0.05, 0) is 49.9 Å². The van der Waals surface area contributed by atoms with Crippen LogP contribution in [0.15, 0.2) is 53.6 Å². The van der Waals surface area contributed by atoms with Crippen molar-refractivity contribution in [2.45, 2.75) is 32.7 Å². The predicted molar refractivity (Wildman–Crippen MR) is 129 cm³/mol. The maximum Gasteiger partial charge on any atom is 0.295 e. The molecule has 1 atom stereocenters. The highest BCUT2D eigenvalue weighted by Crippen LogP contribution is 2.22. The van der Waals surface area contributed by atoms with E-state index in [1.807, 2.05) is 42.3 Å². The molecule has 0 saturated carbocycles. The molecule has 2 N–H and O–H groups in total. The van der Waals surface area contributed by atoms with Gasteiger partial charge in [-0.15, -0.1) is 0 Å². The molecule has 1 fully saturated rings. The summed E-state index contributed by atoms with van der Waals surface area (Å²) < 4.78 is 1.66. The molecule has 1 saturated heterocycles. The summed E-state index contributed by atoms with van der Waals surface area (Å²) in [6.07, 6.45) is 6.11. The fourth-order valence-electron chi connectivity index (χ4n) is 4.75. The van der Waals surface area contributed by atoms with Crippen LogP contribution < -0.4 is 15.8 Å². The van der Waals surface area contributed by atoms with Crippen LogP contribution in [0.5, 0.6) is 0 Å². The summed E-state index contributed by atoms with van der Waals surface area (Å²) in [6.45, 7) is 4.25. The number of aromatic nitrogens is 4. The van der Waals surface area contributed by atoms with Gasteiger partial charge in [0.1, 0.15) is 5.52 Å². The average molecular weight is 445 g/mol. The highest BCUT2D eigenvalue weighted by molar-refractivity contribution is 5.83. The van der Waals surface area contributed by atoms with Gasteiger partial charge in [0.15, 0.2) is 11.5 Å². The number of aryl methyl sites for hydroxylation is 1. The van der Waals surface area contributed by atoms with E-state index in [1.54, 1.807) is 10.8 Å². The van der Waals surface area contributed by atoms with E-state index in [-0.39, 0.29) is 17.4 Å². The van der Waals surface area contributed by atoms with Crippen molar-refractivity contribution in [3.05, 3.63) is 64.7 Å². The second-order valence-corrected chi connectivity index (χ2v) is 8.52. The first-order valence-electron chi connectivity index (χ1n) is 11.6. The zero-order chi connectivity index (χ0) is 22.8. The van der Waals surface area contributed by atoms with Crippen molar-refractivity contribution in [2.75, 3.05) is 24.5 Å². The van der Waals surface area contributed by atoms with E-state index in [2.05, 4.69) is 32.4 Å². The van der Waals surface area contributed by atoms with Crippen LogP contribution in [-0.4, -0.2) is 45.1 Å². The molecule has 33 heavy (non-hydrogen) atoms. The number of hydrogen-bond donors (Lipinski definition) is 2. The van der Waals surface area contributed by atoms with Crippen LogP contribution in [0, 0.1) is 5.92 Å². The maximum atomic E-state index is 13.1. The molecule has 170 valence electrons. The van der Waals surface area contributed by atoms with Gasteiger partial charge in [-0.25, -0.2) is 9.97 Å². The van der Waals surface area contributed by atoms with Crippen LogP contribution in [0.4, 0.5) is 5.82 Å². The smallest absolute Gasteiger partial charge is 0.295 e. The van der Waals surface area contributed by atoms with E-state index < -0.39 is 0 Å². The Morgan fingerprint density at radius 1 is 1.24 bits per heavy atom. The second kappa shape index (κ2) is 9.05. The minimum absolute atomic E-state index is 0.0396. The van der Waals surface area contributed by atoms with E-state index in [0.29, 0.717) is 36.6 Å². The number of piperidine rings is 1. The number of rotatable bonds is 6. The largest absolute Gasteiger partial charge is 0.361 e. The van der Waals surface area contributed by atoms with Crippen LogP contribution in [-0.2, 0) is 17.8 Å². The summed E-state index contributed by atoms with van der Waals surface area (Å²) in [5, 5.41) is 4.30. The molecule has 0 radical (unpaired) electrons. The molecule has 5 rings (SSSR count). The lowest BCUT2D eigenvalue weighted by atomic mass is 9.97. The van der Waals surface area contributed by atoms with Crippen molar-refractivity contribution in [3.63, 3.8) is 0 Å². The highest BCUT2D eigenvalue weighted by atomic mass is 16.2. The second-order valence-electron chi connectivity index (χ2n) is 8.52. The SMILES string of the molecule is CCn1c(=O)c(N2CCCC(C(=O)NCCc3c[nH]c4ccccc34)C2)nc2cccnc21. The number of fused-ring (bicyclic) bond motifs is 2. The highest BCUT2D eigenvalue weighted by Gasteiger charge is 2.28. The number of nitrogens with one attached hydrogen (secondary N) is 2. The van der Waals surface area contributed by atoms with E-state index in [0.717, 1.165) is 31.3 Å². The van der Waals surface area contributed by atoms with Crippen molar-refractivity contribution in [3.8, 4) is 0 Å². The van der Waals surface area contributed by atoms with Crippen LogP contribution in [0.3, 0.4) is 0 Å². The van der Waals surface area contributed by atoms with Gasteiger partial charge in [-0.3, -0.25) is 14.2 Å².